The Labute approximate surface area is 108 Å². The zero-order valence-corrected chi connectivity index (χ0v) is 11.3. The Morgan fingerprint density at radius 2 is 2.00 bits per heavy atom. The number of nitrogens with zero attached hydrogens (tertiary/aromatic N) is 1. The highest BCUT2D eigenvalue weighted by atomic mass is 35.5. The molecule has 0 aliphatic carbocycles. The molecule has 0 aromatic heterocycles. The molecule has 0 bridgehead atoms. The molecule has 0 heterocycles. The first-order valence-corrected chi connectivity index (χ1v) is 6.37. The number of aryl methyl sites for hydroxylation is 1. The van der Waals surface area contributed by atoms with Crippen LogP contribution in [0.15, 0.2) is 18.2 Å². The summed E-state index contributed by atoms with van der Waals surface area (Å²) in [5, 5.41) is 2.77. The molecule has 17 heavy (non-hydrogen) atoms. The molecule has 0 aliphatic rings. The van der Waals surface area contributed by atoms with Gasteiger partial charge in [0, 0.05) is 24.5 Å². The second-order valence-electron chi connectivity index (χ2n) is 3.85. The predicted octanol–water partition coefficient (Wildman–Crippen LogP) is 3.02. The summed E-state index contributed by atoms with van der Waals surface area (Å²) in [5.74, 6) is -0.192. The van der Waals surface area contributed by atoms with Crippen molar-refractivity contribution in [1.29, 1.82) is 0 Å². The lowest BCUT2D eigenvalue weighted by atomic mass is 10.1. The molecular weight excluding hydrogens is 236 g/mol. The molecule has 0 spiro atoms. The van der Waals surface area contributed by atoms with Crippen LogP contribution in [0.1, 0.15) is 19.4 Å². The van der Waals surface area contributed by atoms with E-state index in [0.29, 0.717) is 0 Å². The van der Waals surface area contributed by atoms with Crippen molar-refractivity contribution in [2.45, 2.75) is 20.8 Å². The maximum absolute atomic E-state index is 11.2. The van der Waals surface area contributed by atoms with E-state index in [-0.39, 0.29) is 11.8 Å². The van der Waals surface area contributed by atoms with Crippen LogP contribution in [-0.2, 0) is 4.79 Å². The molecule has 1 aromatic rings. The fourth-order valence-electron chi connectivity index (χ4n) is 1.76. The first-order chi connectivity index (χ1) is 8.12. The molecular formula is C13H19ClN2O. The number of alkyl halides is 1. The van der Waals surface area contributed by atoms with Crippen LogP contribution in [0.5, 0.6) is 0 Å². The van der Waals surface area contributed by atoms with Gasteiger partial charge in [-0.1, -0.05) is 0 Å². The minimum atomic E-state index is -0.176. The first-order valence-electron chi connectivity index (χ1n) is 5.83. The van der Waals surface area contributed by atoms with E-state index >= 15 is 0 Å². The van der Waals surface area contributed by atoms with Gasteiger partial charge in [-0.15, -0.1) is 11.6 Å². The Kier molecular flexibility index (Phi) is 5.29. The van der Waals surface area contributed by atoms with Crippen LogP contribution in [0, 0.1) is 6.92 Å². The second kappa shape index (κ2) is 6.50. The molecule has 1 aromatic carbocycles. The number of carbonyl (C=O) groups excluding carboxylic acids is 1. The van der Waals surface area contributed by atoms with E-state index in [1.54, 1.807) is 0 Å². The normalized spacial score (nSPS) is 10.1. The van der Waals surface area contributed by atoms with Crippen LogP contribution in [0.3, 0.4) is 0 Å². The van der Waals surface area contributed by atoms with Gasteiger partial charge >= 0.3 is 0 Å². The molecule has 0 aliphatic heterocycles. The standard InChI is InChI=1S/C13H19ClN2O/c1-4-16(5-2)11-6-7-12(10(3)8-11)15-13(17)9-14/h6-8H,4-5,9H2,1-3H3,(H,15,17). The maximum atomic E-state index is 11.2. The molecule has 3 nitrogen and oxygen atoms in total. The van der Waals surface area contributed by atoms with E-state index in [1.165, 1.54) is 5.69 Å². The first kappa shape index (κ1) is 13.8. The van der Waals surface area contributed by atoms with Crippen LogP contribution in [0.25, 0.3) is 0 Å². The number of benzene rings is 1. The van der Waals surface area contributed by atoms with Crippen molar-refractivity contribution >= 4 is 28.9 Å². The minimum Gasteiger partial charge on any atom is -0.372 e. The Bertz CT molecular complexity index is 389. The Hall–Kier alpha value is -1.22. The smallest absolute Gasteiger partial charge is 0.239 e. The average Bonchev–Trinajstić information content (AvgIpc) is 2.33. The second-order valence-corrected chi connectivity index (χ2v) is 4.12. The number of anilines is 2. The summed E-state index contributed by atoms with van der Waals surface area (Å²) in [6.45, 7) is 8.19. The third-order valence-electron chi connectivity index (χ3n) is 2.73. The van der Waals surface area contributed by atoms with Crippen molar-refractivity contribution in [3.05, 3.63) is 23.8 Å². The maximum Gasteiger partial charge on any atom is 0.239 e. The molecule has 0 unspecified atom stereocenters. The SMILES string of the molecule is CCN(CC)c1ccc(NC(=O)CCl)c(C)c1. The number of hydrogen-bond donors (Lipinski definition) is 1. The zero-order valence-electron chi connectivity index (χ0n) is 10.6. The van der Waals surface area contributed by atoms with Crippen molar-refractivity contribution < 1.29 is 4.79 Å². The number of rotatable bonds is 5. The molecule has 0 atom stereocenters. The van der Waals surface area contributed by atoms with Gasteiger partial charge in [0.2, 0.25) is 5.91 Å². The summed E-state index contributed by atoms with van der Waals surface area (Å²) in [6, 6.07) is 6.02. The quantitative estimate of drug-likeness (QED) is 0.820. The topological polar surface area (TPSA) is 32.3 Å². The monoisotopic (exact) mass is 254 g/mol. The minimum absolute atomic E-state index is 0.0166. The predicted molar refractivity (Wildman–Crippen MR) is 74.1 cm³/mol. The van der Waals surface area contributed by atoms with Crippen molar-refractivity contribution in [3.8, 4) is 0 Å². The molecule has 94 valence electrons. The fraction of sp³-hybridized carbons (Fsp3) is 0.462. The summed E-state index contributed by atoms with van der Waals surface area (Å²) >= 11 is 5.46. The Morgan fingerprint density at radius 1 is 1.35 bits per heavy atom. The molecule has 1 N–H and O–H groups in total. The largest absolute Gasteiger partial charge is 0.372 e. The van der Waals surface area contributed by atoms with Crippen molar-refractivity contribution in [3.63, 3.8) is 0 Å². The number of nitrogens with one attached hydrogen (secondary N) is 1. The molecule has 0 saturated heterocycles. The molecule has 0 fully saturated rings. The van der Waals surface area contributed by atoms with E-state index in [1.807, 2.05) is 19.1 Å². The fourth-order valence-corrected chi connectivity index (χ4v) is 1.82. The summed E-state index contributed by atoms with van der Waals surface area (Å²) in [5.41, 5.74) is 3.05. The zero-order chi connectivity index (χ0) is 12.8. The third kappa shape index (κ3) is 3.63. The molecule has 0 radical (unpaired) electrons. The van der Waals surface area contributed by atoms with Gasteiger partial charge in [0.25, 0.3) is 0 Å². The van der Waals surface area contributed by atoms with Crippen molar-refractivity contribution in [2.24, 2.45) is 0 Å². The highest BCUT2D eigenvalue weighted by Gasteiger charge is 2.06. The molecule has 1 amide bonds. The van der Waals surface area contributed by atoms with E-state index < -0.39 is 0 Å². The van der Waals surface area contributed by atoms with Gasteiger partial charge in [0.15, 0.2) is 0 Å². The molecule has 4 heteroatoms. The van der Waals surface area contributed by atoms with Crippen LogP contribution in [-0.4, -0.2) is 24.9 Å². The Balaban J connectivity index is 2.89. The summed E-state index contributed by atoms with van der Waals surface area (Å²) in [4.78, 5) is 13.5. The number of amides is 1. The van der Waals surface area contributed by atoms with Crippen LogP contribution in [0.4, 0.5) is 11.4 Å². The van der Waals surface area contributed by atoms with E-state index in [4.69, 9.17) is 11.6 Å². The average molecular weight is 255 g/mol. The summed E-state index contributed by atoms with van der Waals surface area (Å²) in [6.07, 6.45) is 0. The highest BCUT2D eigenvalue weighted by molar-refractivity contribution is 6.29. The van der Waals surface area contributed by atoms with Gasteiger partial charge in [0.1, 0.15) is 5.88 Å². The highest BCUT2D eigenvalue weighted by Crippen LogP contribution is 2.22. The van der Waals surface area contributed by atoms with Crippen LogP contribution in [0.2, 0.25) is 0 Å². The van der Waals surface area contributed by atoms with Gasteiger partial charge in [0.05, 0.1) is 0 Å². The number of hydrogen-bond acceptors (Lipinski definition) is 2. The van der Waals surface area contributed by atoms with E-state index in [2.05, 4.69) is 30.1 Å². The van der Waals surface area contributed by atoms with Gasteiger partial charge in [-0.2, -0.15) is 0 Å². The lowest BCUT2D eigenvalue weighted by Crippen LogP contribution is -2.22. The third-order valence-corrected chi connectivity index (χ3v) is 2.98. The van der Waals surface area contributed by atoms with Gasteiger partial charge in [-0.3, -0.25) is 4.79 Å². The van der Waals surface area contributed by atoms with E-state index in [9.17, 15) is 4.79 Å². The van der Waals surface area contributed by atoms with Crippen molar-refractivity contribution in [1.82, 2.24) is 0 Å². The summed E-state index contributed by atoms with van der Waals surface area (Å²) < 4.78 is 0. The molecule has 0 saturated carbocycles. The van der Waals surface area contributed by atoms with Crippen molar-refractivity contribution in [2.75, 3.05) is 29.2 Å². The van der Waals surface area contributed by atoms with Crippen LogP contribution >= 0.6 is 11.6 Å². The number of halogens is 1. The molecule has 1 rings (SSSR count). The van der Waals surface area contributed by atoms with Crippen LogP contribution < -0.4 is 10.2 Å². The van der Waals surface area contributed by atoms with Gasteiger partial charge in [-0.25, -0.2) is 0 Å². The summed E-state index contributed by atoms with van der Waals surface area (Å²) in [7, 11) is 0. The van der Waals surface area contributed by atoms with E-state index in [0.717, 1.165) is 24.3 Å². The lowest BCUT2D eigenvalue weighted by molar-refractivity contribution is -0.113. The van der Waals surface area contributed by atoms with Gasteiger partial charge < -0.3 is 10.2 Å². The van der Waals surface area contributed by atoms with Gasteiger partial charge in [-0.05, 0) is 44.5 Å². The Morgan fingerprint density at radius 3 is 2.47 bits per heavy atom. The number of carbonyl (C=O) groups is 1. The lowest BCUT2D eigenvalue weighted by Gasteiger charge is -2.22.